The van der Waals surface area contributed by atoms with E-state index in [0.29, 0.717) is 12.5 Å². The number of benzene rings is 1. The first-order chi connectivity index (χ1) is 13.7. The Balaban J connectivity index is 1.68. The Labute approximate surface area is 177 Å². The Morgan fingerprint density at radius 3 is 2.52 bits per heavy atom. The number of ether oxygens (including phenoxy) is 1. The van der Waals surface area contributed by atoms with Gasteiger partial charge in [-0.2, -0.15) is 0 Å². The van der Waals surface area contributed by atoms with Crippen molar-refractivity contribution < 1.29 is 14.3 Å². The lowest BCUT2D eigenvalue weighted by Crippen LogP contribution is -2.50. The molecule has 1 saturated carbocycles. The molecule has 0 bridgehead atoms. The number of aliphatic imine (C=N–C) groups is 1. The highest BCUT2D eigenvalue weighted by Crippen LogP contribution is 2.42. The predicted molar refractivity (Wildman–Crippen MR) is 117 cm³/mol. The smallest absolute Gasteiger partial charge is 0.407 e. The highest BCUT2D eigenvalue weighted by atomic mass is 32.2. The first-order valence-electron chi connectivity index (χ1n) is 10.2. The standard InChI is InChI=1S/C22H31N3O3S/c1-14-24-18(19(29-14)16-9-7-6-8-10-16)20(26)25(5)17(15-11-12-15)13-23-21(27)28-22(2,3)4/h6-10,15,17-19H,11-13H2,1-5H3,(H,23,27). The van der Waals surface area contributed by atoms with Crippen molar-refractivity contribution in [2.24, 2.45) is 10.9 Å². The third-order valence-electron chi connectivity index (χ3n) is 5.15. The number of hydrogen-bond donors (Lipinski definition) is 1. The molecule has 1 aliphatic heterocycles. The Bertz CT molecular complexity index is 771. The minimum Gasteiger partial charge on any atom is -0.444 e. The number of rotatable bonds is 6. The molecule has 3 unspecified atom stereocenters. The van der Waals surface area contributed by atoms with Crippen molar-refractivity contribution in [1.29, 1.82) is 0 Å². The van der Waals surface area contributed by atoms with E-state index < -0.39 is 17.7 Å². The lowest BCUT2D eigenvalue weighted by Gasteiger charge is -2.31. The van der Waals surface area contributed by atoms with Gasteiger partial charge in [0, 0.05) is 13.6 Å². The maximum Gasteiger partial charge on any atom is 0.407 e. The van der Waals surface area contributed by atoms with Crippen molar-refractivity contribution in [2.75, 3.05) is 13.6 Å². The largest absolute Gasteiger partial charge is 0.444 e. The molecule has 2 aliphatic rings. The van der Waals surface area contributed by atoms with Crippen LogP contribution < -0.4 is 5.32 Å². The molecule has 1 fully saturated rings. The summed E-state index contributed by atoms with van der Waals surface area (Å²) in [6.45, 7) is 7.85. The Kier molecular flexibility index (Phi) is 6.56. The highest BCUT2D eigenvalue weighted by molar-refractivity contribution is 8.14. The van der Waals surface area contributed by atoms with Gasteiger partial charge in [-0.05, 0) is 52.0 Å². The number of carbonyl (C=O) groups is 2. The Morgan fingerprint density at radius 2 is 1.93 bits per heavy atom. The van der Waals surface area contributed by atoms with Crippen LogP contribution in [0.3, 0.4) is 0 Å². The molecule has 7 heteroatoms. The van der Waals surface area contributed by atoms with Gasteiger partial charge in [-0.3, -0.25) is 9.79 Å². The number of nitrogens with one attached hydrogen (secondary N) is 1. The van der Waals surface area contributed by atoms with Crippen LogP contribution in [0.15, 0.2) is 35.3 Å². The summed E-state index contributed by atoms with van der Waals surface area (Å²) in [6, 6.07) is 9.58. The Hall–Kier alpha value is -2.02. The van der Waals surface area contributed by atoms with E-state index in [9.17, 15) is 9.59 Å². The van der Waals surface area contributed by atoms with Crippen LogP contribution in [0.25, 0.3) is 0 Å². The SMILES string of the molecule is CC1=NC(C(=O)N(C)C(CNC(=O)OC(C)(C)C)C2CC2)C(c2ccccc2)S1. The van der Waals surface area contributed by atoms with Crippen molar-refractivity contribution in [1.82, 2.24) is 10.2 Å². The molecule has 1 N–H and O–H groups in total. The molecule has 0 saturated heterocycles. The van der Waals surface area contributed by atoms with Crippen LogP contribution in [0.2, 0.25) is 0 Å². The molecule has 0 radical (unpaired) electrons. The molecule has 1 aliphatic carbocycles. The van der Waals surface area contributed by atoms with Crippen molar-refractivity contribution in [3.63, 3.8) is 0 Å². The molecule has 29 heavy (non-hydrogen) atoms. The molecule has 3 atom stereocenters. The number of nitrogens with zero attached hydrogens (tertiary/aromatic N) is 2. The van der Waals surface area contributed by atoms with E-state index in [4.69, 9.17) is 4.74 Å². The maximum absolute atomic E-state index is 13.4. The average Bonchev–Trinajstić information content (AvgIpc) is 3.41. The zero-order valence-corrected chi connectivity index (χ0v) is 18.7. The quantitative estimate of drug-likeness (QED) is 0.759. The van der Waals surface area contributed by atoms with Crippen LogP contribution in [0, 0.1) is 5.92 Å². The van der Waals surface area contributed by atoms with Gasteiger partial charge in [0.1, 0.15) is 11.6 Å². The monoisotopic (exact) mass is 417 g/mol. The van der Waals surface area contributed by atoms with Gasteiger partial charge >= 0.3 is 6.09 Å². The van der Waals surface area contributed by atoms with Crippen LogP contribution in [-0.2, 0) is 9.53 Å². The molecule has 0 spiro atoms. The van der Waals surface area contributed by atoms with Crippen LogP contribution in [0.4, 0.5) is 4.79 Å². The van der Waals surface area contributed by atoms with Gasteiger partial charge < -0.3 is 15.0 Å². The molecule has 0 aromatic heterocycles. The van der Waals surface area contributed by atoms with Gasteiger partial charge in [0.25, 0.3) is 0 Å². The number of amides is 2. The summed E-state index contributed by atoms with van der Waals surface area (Å²) < 4.78 is 5.34. The number of likely N-dealkylation sites (N-methyl/N-ethyl adjacent to an activating group) is 1. The number of hydrogen-bond acceptors (Lipinski definition) is 5. The third kappa shape index (κ3) is 5.75. The molecule has 1 aromatic rings. The van der Waals surface area contributed by atoms with E-state index in [-0.39, 0.29) is 17.2 Å². The summed E-state index contributed by atoms with van der Waals surface area (Å²) in [6.07, 6.45) is 1.70. The first kappa shape index (κ1) is 21.7. The van der Waals surface area contributed by atoms with Crippen molar-refractivity contribution in [3.05, 3.63) is 35.9 Å². The van der Waals surface area contributed by atoms with Crippen LogP contribution in [0.1, 0.15) is 51.3 Å². The van der Waals surface area contributed by atoms with Crippen molar-refractivity contribution in [2.45, 2.75) is 63.5 Å². The average molecular weight is 418 g/mol. The second-order valence-electron chi connectivity index (χ2n) is 8.78. The minimum atomic E-state index is -0.545. The fraction of sp³-hybridized carbons (Fsp3) is 0.591. The van der Waals surface area contributed by atoms with E-state index in [1.807, 2.05) is 52.9 Å². The molecule has 1 heterocycles. The fourth-order valence-electron chi connectivity index (χ4n) is 3.59. The van der Waals surface area contributed by atoms with Crippen LogP contribution >= 0.6 is 11.8 Å². The van der Waals surface area contributed by atoms with Gasteiger partial charge in [-0.15, -0.1) is 11.8 Å². The van der Waals surface area contributed by atoms with E-state index in [2.05, 4.69) is 22.4 Å². The summed E-state index contributed by atoms with van der Waals surface area (Å²) in [5.41, 5.74) is 0.566. The summed E-state index contributed by atoms with van der Waals surface area (Å²) in [5.74, 6) is 0.416. The molecule has 2 amide bonds. The van der Waals surface area contributed by atoms with Gasteiger partial charge in [0.05, 0.1) is 16.3 Å². The molecule has 1 aromatic carbocycles. The van der Waals surface area contributed by atoms with E-state index in [1.54, 1.807) is 16.7 Å². The first-order valence-corrected chi connectivity index (χ1v) is 11.0. The van der Waals surface area contributed by atoms with Crippen molar-refractivity contribution >= 4 is 28.8 Å². The summed E-state index contributed by atoms with van der Waals surface area (Å²) in [5, 5.41) is 3.76. The molecule has 6 nitrogen and oxygen atoms in total. The van der Waals surface area contributed by atoms with Crippen LogP contribution in [-0.4, -0.2) is 53.2 Å². The van der Waals surface area contributed by atoms with Gasteiger partial charge in [0.2, 0.25) is 5.91 Å². The molecule has 3 rings (SSSR count). The number of alkyl carbamates (subject to hydrolysis) is 1. The number of carbonyl (C=O) groups excluding carboxylic acids is 2. The maximum atomic E-state index is 13.4. The minimum absolute atomic E-state index is 0.00564. The third-order valence-corrected chi connectivity index (χ3v) is 6.38. The summed E-state index contributed by atoms with van der Waals surface area (Å²) in [4.78, 5) is 31.9. The lowest BCUT2D eigenvalue weighted by atomic mass is 10.0. The molecule has 158 valence electrons. The molecular weight excluding hydrogens is 386 g/mol. The Morgan fingerprint density at radius 1 is 1.28 bits per heavy atom. The van der Waals surface area contributed by atoms with Gasteiger partial charge in [0.15, 0.2) is 0 Å². The van der Waals surface area contributed by atoms with Gasteiger partial charge in [-0.25, -0.2) is 4.79 Å². The second kappa shape index (κ2) is 8.78. The normalized spacial score (nSPS) is 22.6. The summed E-state index contributed by atoms with van der Waals surface area (Å²) in [7, 11) is 1.83. The number of thioether (sulfide) groups is 1. The zero-order chi connectivity index (χ0) is 21.2. The van der Waals surface area contributed by atoms with Gasteiger partial charge in [-0.1, -0.05) is 30.3 Å². The highest BCUT2D eigenvalue weighted by Gasteiger charge is 2.42. The van der Waals surface area contributed by atoms with E-state index >= 15 is 0 Å². The topological polar surface area (TPSA) is 71.0 Å². The predicted octanol–water partition coefficient (Wildman–Crippen LogP) is 4.02. The zero-order valence-electron chi connectivity index (χ0n) is 17.8. The van der Waals surface area contributed by atoms with E-state index in [1.165, 1.54) is 0 Å². The van der Waals surface area contributed by atoms with Crippen LogP contribution in [0.5, 0.6) is 0 Å². The summed E-state index contributed by atoms with van der Waals surface area (Å²) >= 11 is 1.65. The van der Waals surface area contributed by atoms with Crippen molar-refractivity contribution in [3.8, 4) is 0 Å². The fourth-order valence-corrected chi connectivity index (χ4v) is 4.74. The van der Waals surface area contributed by atoms with E-state index in [0.717, 1.165) is 23.4 Å². The second-order valence-corrected chi connectivity index (χ2v) is 10.1. The lowest BCUT2D eigenvalue weighted by molar-refractivity contribution is -0.133. The molecular formula is C22H31N3O3S.